The van der Waals surface area contributed by atoms with Crippen LogP contribution in [0.5, 0.6) is 0 Å². The number of urea groups is 1. The lowest BCUT2D eigenvalue weighted by atomic mass is 10.3. The van der Waals surface area contributed by atoms with E-state index in [9.17, 15) is 19.8 Å². The van der Waals surface area contributed by atoms with E-state index in [-0.39, 0.29) is 19.6 Å². The van der Waals surface area contributed by atoms with Crippen molar-refractivity contribution in [1.82, 2.24) is 15.5 Å². The van der Waals surface area contributed by atoms with Crippen molar-refractivity contribution in [3.05, 3.63) is 0 Å². The Morgan fingerprint density at radius 2 is 1.89 bits per heavy atom. The van der Waals surface area contributed by atoms with E-state index in [1.54, 1.807) is 4.90 Å². The second-order valence-corrected chi connectivity index (χ2v) is 4.49. The van der Waals surface area contributed by atoms with E-state index >= 15 is 0 Å². The monoisotopic (exact) mass is 259 g/mol. The Morgan fingerprint density at radius 3 is 2.44 bits per heavy atom. The molecule has 0 spiro atoms. The zero-order chi connectivity index (χ0) is 13.5. The number of aliphatic hydroxyl groups excluding tert-OH is 2. The normalized spacial score (nSPS) is 23.9. The van der Waals surface area contributed by atoms with E-state index in [0.717, 1.165) is 12.8 Å². The Kier molecular flexibility index (Phi) is 6.03. The molecule has 1 aliphatic heterocycles. The Bertz CT molecular complexity index is 288. The van der Waals surface area contributed by atoms with Gasteiger partial charge in [0.1, 0.15) is 0 Å². The number of β-amino-alcohol motifs (C(OH)–C–C–N with tert-alkyl or cyclic N) is 2. The van der Waals surface area contributed by atoms with Gasteiger partial charge in [-0.3, -0.25) is 15.0 Å². The summed E-state index contributed by atoms with van der Waals surface area (Å²) in [4.78, 5) is 24.4. The number of likely N-dealkylation sites (tertiary alicyclic amines) is 1. The van der Waals surface area contributed by atoms with Crippen molar-refractivity contribution >= 4 is 11.9 Å². The van der Waals surface area contributed by atoms with Crippen LogP contribution < -0.4 is 10.6 Å². The van der Waals surface area contributed by atoms with Crippen molar-refractivity contribution in [3.8, 4) is 0 Å². The van der Waals surface area contributed by atoms with Crippen LogP contribution in [0.3, 0.4) is 0 Å². The maximum absolute atomic E-state index is 11.5. The number of imide groups is 1. The van der Waals surface area contributed by atoms with Crippen molar-refractivity contribution in [2.24, 2.45) is 0 Å². The van der Waals surface area contributed by atoms with Gasteiger partial charge in [-0.1, -0.05) is 13.3 Å². The molecule has 4 N–H and O–H groups in total. The number of hydrogen-bond acceptors (Lipinski definition) is 5. The molecule has 1 heterocycles. The van der Waals surface area contributed by atoms with Gasteiger partial charge in [-0.05, 0) is 6.42 Å². The van der Waals surface area contributed by atoms with E-state index in [2.05, 4.69) is 10.6 Å². The highest BCUT2D eigenvalue weighted by Gasteiger charge is 2.30. The molecule has 7 nitrogen and oxygen atoms in total. The van der Waals surface area contributed by atoms with Crippen LogP contribution in [0.1, 0.15) is 19.8 Å². The first kappa shape index (κ1) is 14.9. The van der Waals surface area contributed by atoms with Crippen LogP contribution in [0.15, 0.2) is 0 Å². The average molecular weight is 259 g/mol. The minimum atomic E-state index is -0.823. The minimum absolute atomic E-state index is 0.00465. The van der Waals surface area contributed by atoms with Crippen LogP contribution in [-0.4, -0.2) is 65.4 Å². The molecular formula is C11H21N3O4. The standard InChI is InChI=1S/C11H21N3O4/c1-2-3-4-12-11(18)13-10(17)7-14-5-8(15)9(16)6-14/h8-9,15-16H,2-7H2,1H3,(H2,12,13,17,18). The highest BCUT2D eigenvalue weighted by atomic mass is 16.3. The molecule has 2 atom stereocenters. The van der Waals surface area contributed by atoms with Gasteiger partial charge in [0, 0.05) is 19.6 Å². The largest absolute Gasteiger partial charge is 0.389 e. The molecule has 0 bridgehead atoms. The van der Waals surface area contributed by atoms with Gasteiger partial charge in [-0.25, -0.2) is 4.79 Å². The van der Waals surface area contributed by atoms with Crippen molar-refractivity contribution in [2.75, 3.05) is 26.2 Å². The van der Waals surface area contributed by atoms with Crippen molar-refractivity contribution in [2.45, 2.75) is 32.0 Å². The van der Waals surface area contributed by atoms with Gasteiger partial charge in [0.2, 0.25) is 5.91 Å². The van der Waals surface area contributed by atoms with Crippen LogP contribution in [0.2, 0.25) is 0 Å². The summed E-state index contributed by atoms with van der Waals surface area (Å²) in [5.74, 6) is -0.440. The summed E-state index contributed by atoms with van der Waals surface area (Å²) in [5.41, 5.74) is 0. The fourth-order valence-electron chi connectivity index (χ4n) is 1.77. The maximum Gasteiger partial charge on any atom is 0.321 e. The van der Waals surface area contributed by atoms with E-state index in [0.29, 0.717) is 6.54 Å². The first-order valence-corrected chi connectivity index (χ1v) is 6.19. The van der Waals surface area contributed by atoms with Crippen LogP contribution >= 0.6 is 0 Å². The molecule has 1 fully saturated rings. The number of hydrogen-bond donors (Lipinski definition) is 4. The number of amides is 3. The molecule has 1 saturated heterocycles. The predicted octanol–water partition coefficient (Wildman–Crippen LogP) is -1.35. The quantitative estimate of drug-likeness (QED) is 0.457. The number of carbonyl (C=O) groups excluding carboxylic acids is 2. The van der Waals surface area contributed by atoms with Crippen LogP contribution in [0.25, 0.3) is 0 Å². The van der Waals surface area contributed by atoms with Crippen molar-refractivity contribution in [1.29, 1.82) is 0 Å². The van der Waals surface area contributed by atoms with E-state index in [4.69, 9.17) is 0 Å². The summed E-state index contributed by atoms with van der Waals surface area (Å²) in [5, 5.41) is 23.4. The summed E-state index contributed by atoms with van der Waals surface area (Å²) in [6.07, 6.45) is 0.191. The molecule has 7 heteroatoms. The van der Waals surface area contributed by atoms with E-state index in [1.165, 1.54) is 0 Å². The molecule has 0 aromatic carbocycles. The lowest BCUT2D eigenvalue weighted by Gasteiger charge is -2.13. The van der Waals surface area contributed by atoms with Crippen LogP contribution in [-0.2, 0) is 4.79 Å². The highest BCUT2D eigenvalue weighted by Crippen LogP contribution is 2.08. The SMILES string of the molecule is CCCCNC(=O)NC(=O)CN1CC(O)C(O)C1. The first-order valence-electron chi connectivity index (χ1n) is 6.19. The zero-order valence-electron chi connectivity index (χ0n) is 10.6. The maximum atomic E-state index is 11.5. The van der Waals surface area contributed by atoms with Gasteiger partial charge in [0.15, 0.2) is 0 Å². The smallest absolute Gasteiger partial charge is 0.321 e. The lowest BCUT2D eigenvalue weighted by Crippen LogP contribution is -2.44. The number of aliphatic hydroxyl groups is 2. The second-order valence-electron chi connectivity index (χ2n) is 4.49. The number of nitrogens with zero attached hydrogens (tertiary/aromatic N) is 1. The molecule has 0 aromatic heterocycles. The third kappa shape index (κ3) is 4.99. The van der Waals surface area contributed by atoms with Gasteiger partial charge in [0.05, 0.1) is 18.8 Å². The van der Waals surface area contributed by atoms with Crippen molar-refractivity contribution < 1.29 is 19.8 Å². The van der Waals surface area contributed by atoms with Gasteiger partial charge in [-0.15, -0.1) is 0 Å². The molecule has 104 valence electrons. The summed E-state index contributed by atoms with van der Waals surface area (Å²) in [6, 6.07) is -0.506. The molecule has 0 aromatic rings. The summed E-state index contributed by atoms with van der Waals surface area (Å²) in [7, 11) is 0. The van der Waals surface area contributed by atoms with Gasteiger partial charge in [-0.2, -0.15) is 0 Å². The molecule has 1 rings (SSSR count). The molecule has 3 amide bonds. The minimum Gasteiger partial charge on any atom is -0.389 e. The number of carbonyl (C=O) groups is 2. The Balaban J connectivity index is 2.19. The fraction of sp³-hybridized carbons (Fsp3) is 0.818. The highest BCUT2D eigenvalue weighted by molar-refractivity contribution is 5.95. The van der Waals surface area contributed by atoms with Gasteiger partial charge >= 0.3 is 6.03 Å². The number of rotatable bonds is 5. The summed E-state index contributed by atoms with van der Waals surface area (Å²) < 4.78 is 0. The lowest BCUT2D eigenvalue weighted by molar-refractivity contribution is -0.121. The Hall–Kier alpha value is -1.18. The Morgan fingerprint density at radius 1 is 1.28 bits per heavy atom. The molecule has 18 heavy (non-hydrogen) atoms. The van der Waals surface area contributed by atoms with Crippen LogP contribution in [0, 0.1) is 0 Å². The topological polar surface area (TPSA) is 102 Å². The third-order valence-corrected chi connectivity index (χ3v) is 2.77. The summed E-state index contributed by atoms with van der Waals surface area (Å²) >= 11 is 0. The van der Waals surface area contributed by atoms with Gasteiger partial charge in [0.25, 0.3) is 0 Å². The number of unbranched alkanes of at least 4 members (excludes halogenated alkanes) is 1. The molecule has 1 aliphatic rings. The third-order valence-electron chi connectivity index (χ3n) is 2.77. The Labute approximate surface area is 106 Å². The number of nitrogens with one attached hydrogen (secondary N) is 2. The molecule has 0 radical (unpaired) electrons. The second kappa shape index (κ2) is 7.30. The molecular weight excluding hydrogens is 238 g/mol. The average Bonchev–Trinajstić information content (AvgIpc) is 2.57. The molecule has 0 aliphatic carbocycles. The van der Waals surface area contributed by atoms with Gasteiger partial charge < -0.3 is 15.5 Å². The zero-order valence-corrected chi connectivity index (χ0v) is 10.6. The van der Waals surface area contributed by atoms with E-state index in [1.807, 2.05) is 6.92 Å². The van der Waals surface area contributed by atoms with Crippen LogP contribution in [0.4, 0.5) is 4.79 Å². The van der Waals surface area contributed by atoms with E-state index < -0.39 is 24.1 Å². The summed E-state index contributed by atoms with van der Waals surface area (Å²) in [6.45, 7) is 3.03. The fourth-order valence-corrected chi connectivity index (χ4v) is 1.77. The molecule has 2 unspecified atom stereocenters. The predicted molar refractivity (Wildman–Crippen MR) is 64.9 cm³/mol. The first-order chi connectivity index (χ1) is 8.52. The van der Waals surface area contributed by atoms with Crippen molar-refractivity contribution in [3.63, 3.8) is 0 Å². The molecule has 0 saturated carbocycles.